The van der Waals surface area contributed by atoms with Gasteiger partial charge < -0.3 is 20.1 Å². The lowest BCUT2D eigenvalue weighted by molar-refractivity contribution is -0.120. The van der Waals surface area contributed by atoms with Crippen LogP contribution in [0.4, 0.5) is 10.5 Å². The fourth-order valence-electron chi connectivity index (χ4n) is 2.92. The molecule has 0 radical (unpaired) electrons. The van der Waals surface area contributed by atoms with Crippen LogP contribution in [-0.4, -0.2) is 24.6 Å². The Morgan fingerprint density at radius 1 is 0.909 bits per heavy atom. The molecule has 0 saturated carbocycles. The van der Waals surface area contributed by atoms with Crippen LogP contribution >= 0.6 is 11.6 Å². The standard InChI is InChI=1S/C25H23ClN2O5/c1-2-32-25(31)33-22-12-8-19(9-13-22)24(30)28-21-10-6-17(7-11-21)16-27-23(29)15-18-4-3-5-20(26)14-18/h3-14H,2,15-16H2,1H3,(H,27,29)(H,28,30). The van der Waals surface area contributed by atoms with Crippen molar-refractivity contribution in [1.82, 2.24) is 5.32 Å². The molecule has 0 heterocycles. The first-order valence-corrected chi connectivity index (χ1v) is 10.7. The molecule has 0 aromatic heterocycles. The van der Waals surface area contributed by atoms with Gasteiger partial charge in [0, 0.05) is 22.8 Å². The lowest BCUT2D eigenvalue weighted by Crippen LogP contribution is -2.24. The summed E-state index contributed by atoms with van der Waals surface area (Å²) in [6.45, 7) is 2.27. The monoisotopic (exact) mass is 466 g/mol. The van der Waals surface area contributed by atoms with Crippen LogP contribution in [0.3, 0.4) is 0 Å². The average molecular weight is 467 g/mol. The van der Waals surface area contributed by atoms with Gasteiger partial charge in [0.1, 0.15) is 5.75 Å². The summed E-state index contributed by atoms with van der Waals surface area (Å²) in [6, 6.07) is 20.5. The van der Waals surface area contributed by atoms with E-state index in [0.717, 1.165) is 11.1 Å². The second-order valence-corrected chi connectivity index (χ2v) is 7.48. The van der Waals surface area contributed by atoms with Crippen molar-refractivity contribution >= 4 is 35.3 Å². The summed E-state index contributed by atoms with van der Waals surface area (Å²) in [7, 11) is 0. The van der Waals surface area contributed by atoms with Crippen LogP contribution in [0.25, 0.3) is 0 Å². The molecule has 3 rings (SSSR count). The number of nitrogens with one attached hydrogen (secondary N) is 2. The summed E-state index contributed by atoms with van der Waals surface area (Å²) < 4.78 is 9.68. The largest absolute Gasteiger partial charge is 0.513 e. The minimum absolute atomic E-state index is 0.106. The maximum Gasteiger partial charge on any atom is 0.513 e. The van der Waals surface area contributed by atoms with Crippen LogP contribution in [-0.2, 0) is 22.5 Å². The fraction of sp³-hybridized carbons (Fsp3) is 0.160. The number of ether oxygens (including phenoxy) is 2. The molecule has 0 spiro atoms. The quantitative estimate of drug-likeness (QED) is 0.360. The molecule has 0 aliphatic carbocycles. The summed E-state index contributed by atoms with van der Waals surface area (Å²) in [5.41, 5.74) is 2.76. The number of anilines is 1. The Bertz CT molecular complexity index is 1110. The topological polar surface area (TPSA) is 93.7 Å². The van der Waals surface area contributed by atoms with E-state index >= 15 is 0 Å². The van der Waals surface area contributed by atoms with Gasteiger partial charge in [-0.15, -0.1) is 0 Å². The molecule has 0 bridgehead atoms. The third-order valence-corrected chi connectivity index (χ3v) is 4.77. The van der Waals surface area contributed by atoms with Crippen molar-refractivity contribution < 1.29 is 23.9 Å². The molecule has 3 aromatic rings. The van der Waals surface area contributed by atoms with Gasteiger partial charge in [0.15, 0.2) is 0 Å². The van der Waals surface area contributed by atoms with E-state index in [2.05, 4.69) is 10.6 Å². The van der Waals surface area contributed by atoms with E-state index in [1.54, 1.807) is 43.3 Å². The van der Waals surface area contributed by atoms with Crippen molar-refractivity contribution in [2.45, 2.75) is 19.9 Å². The van der Waals surface area contributed by atoms with Gasteiger partial charge in [0.05, 0.1) is 13.0 Å². The van der Waals surface area contributed by atoms with Crippen molar-refractivity contribution in [1.29, 1.82) is 0 Å². The Morgan fingerprint density at radius 2 is 1.64 bits per heavy atom. The number of amides is 2. The highest BCUT2D eigenvalue weighted by Gasteiger charge is 2.09. The van der Waals surface area contributed by atoms with Gasteiger partial charge in [0.25, 0.3) is 5.91 Å². The van der Waals surface area contributed by atoms with Crippen molar-refractivity contribution in [3.8, 4) is 5.75 Å². The first-order chi connectivity index (χ1) is 15.9. The van der Waals surface area contributed by atoms with Gasteiger partial charge in [-0.1, -0.05) is 35.9 Å². The molecule has 7 nitrogen and oxygen atoms in total. The third kappa shape index (κ3) is 7.66. The van der Waals surface area contributed by atoms with E-state index in [1.807, 2.05) is 24.3 Å². The maximum absolute atomic E-state index is 12.4. The molecule has 3 aromatic carbocycles. The summed E-state index contributed by atoms with van der Waals surface area (Å²) >= 11 is 5.94. The zero-order valence-electron chi connectivity index (χ0n) is 18.0. The molecule has 0 atom stereocenters. The number of halogens is 1. The lowest BCUT2D eigenvalue weighted by atomic mass is 10.1. The normalized spacial score (nSPS) is 10.2. The second-order valence-electron chi connectivity index (χ2n) is 7.04. The summed E-state index contributed by atoms with van der Waals surface area (Å²) in [5.74, 6) is -0.128. The number of hydrogen-bond acceptors (Lipinski definition) is 5. The predicted octanol–water partition coefficient (Wildman–Crippen LogP) is 4.99. The smallest absolute Gasteiger partial charge is 0.434 e. The molecule has 0 aliphatic heterocycles. The van der Waals surface area contributed by atoms with E-state index in [1.165, 1.54) is 12.1 Å². The van der Waals surface area contributed by atoms with E-state index in [-0.39, 0.29) is 30.6 Å². The van der Waals surface area contributed by atoms with E-state index < -0.39 is 6.16 Å². The first-order valence-electron chi connectivity index (χ1n) is 10.3. The number of rotatable bonds is 8. The molecule has 0 unspecified atom stereocenters. The van der Waals surface area contributed by atoms with Crippen molar-refractivity contribution in [2.75, 3.05) is 11.9 Å². The van der Waals surface area contributed by atoms with Gasteiger partial charge in [-0.05, 0) is 66.6 Å². The van der Waals surface area contributed by atoms with Crippen LogP contribution < -0.4 is 15.4 Å². The van der Waals surface area contributed by atoms with Crippen molar-refractivity contribution in [3.63, 3.8) is 0 Å². The minimum Gasteiger partial charge on any atom is -0.434 e. The Balaban J connectivity index is 1.48. The molecule has 0 saturated heterocycles. The van der Waals surface area contributed by atoms with E-state index in [4.69, 9.17) is 21.1 Å². The van der Waals surface area contributed by atoms with Gasteiger partial charge in [-0.25, -0.2) is 4.79 Å². The molecular formula is C25H23ClN2O5. The van der Waals surface area contributed by atoms with Gasteiger partial charge in [-0.2, -0.15) is 0 Å². The molecule has 8 heteroatoms. The number of carbonyl (C=O) groups excluding carboxylic acids is 3. The molecule has 2 N–H and O–H groups in total. The first kappa shape index (κ1) is 23.8. The van der Waals surface area contributed by atoms with E-state index in [0.29, 0.717) is 22.8 Å². The highest BCUT2D eigenvalue weighted by Crippen LogP contribution is 2.16. The van der Waals surface area contributed by atoms with Gasteiger partial charge in [0.2, 0.25) is 5.91 Å². The summed E-state index contributed by atoms with van der Waals surface area (Å²) in [5, 5.41) is 6.26. The van der Waals surface area contributed by atoms with Crippen LogP contribution in [0.1, 0.15) is 28.4 Å². The highest BCUT2D eigenvalue weighted by atomic mass is 35.5. The fourth-order valence-corrected chi connectivity index (χ4v) is 3.14. The Kier molecular flexibility index (Phi) is 8.43. The van der Waals surface area contributed by atoms with Crippen molar-refractivity contribution in [2.24, 2.45) is 0 Å². The Labute approximate surface area is 196 Å². The maximum atomic E-state index is 12.4. The SMILES string of the molecule is CCOC(=O)Oc1ccc(C(=O)Nc2ccc(CNC(=O)Cc3cccc(Cl)c3)cc2)cc1. The van der Waals surface area contributed by atoms with Crippen LogP contribution in [0, 0.1) is 0 Å². The predicted molar refractivity (Wildman–Crippen MR) is 125 cm³/mol. The number of hydrogen-bond donors (Lipinski definition) is 2. The second kappa shape index (κ2) is 11.7. The summed E-state index contributed by atoms with van der Waals surface area (Å²) in [4.78, 5) is 35.9. The molecule has 2 amide bonds. The van der Waals surface area contributed by atoms with Crippen LogP contribution in [0.15, 0.2) is 72.8 Å². The summed E-state index contributed by atoms with van der Waals surface area (Å²) in [6.07, 6.45) is -0.548. The number of benzene rings is 3. The molecule has 0 aliphatic rings. The molecular weight excluding hydrogens is 444 g/mol. The Hall–Kier alpha value is -3.84. The minimum atomic E-state index is -0.796. The third-order valence-electron chi connectivity index (χ3n) is 4.54. The Morgan fingerprint density at radius 3 is 2.30 bits per heavy atom. The number of carbonyl (C=O) groups is 3. The lowest BCUT2D eigenvalue weighted by Gasteiger charge is -2.09. The van der Waals surface area contributed by atoms with Gasteiger partial charge >= 0.3 is 6.16 Å². The zero-order valence-corrected chi connectivity index (χ0v) is 18.7. The van der Waals surface area contributed by atoms with Crippen LogP contribution in [0.5, 0.6) is 5.75 Å². The van der Waals surface area contributed by atoms with Gasteiger partial charge in [-0.3, -0.25) is 9.59 Å². The molecule has 0 fully saturated rings. The van der Waals surface area contributed by atoms with Crippen LogP contribution in [0.2, 0.25) is 5.02 Å². The van der Waals surface area contributed by atoms with E-state index in [9.17, 15) is 14.4 Å². The molecule has 33 heavy (non-hydrogen) atoms. The zero-order chi connectivity index (χ0) is 23.6. The highest BCUT2D eigenvalue weighted by molar-refractivity contribution is 6.30. The molecule has 170 valence electrons. The average Bonchev–Trinajstić information content (AvgIpc) is 2.79. The van der Waals surface area contributed by atoms with Crippen molar-refractivity contribution in [3.05, 3.63) is 94.5 Å².